The van der Waals surface area contributed by atoms with E-state index in [-0.39, 0.29) is 99.7 Å². The first kappa shape index (κ1) is 38.0. The molecule has 0 aromatic rings. The van der Waals surface area contributed by atoms with Crippen LogP contribution in [0.5, 0.6) is 0 Å². The van der Waals surface area contributed by atoms with E-state index in [1.807, 2.05) is 0 Å². The van der Waals surface area contributed by atoms with Crippen molar-refractivity contribution < 1.29 is 29.7 Å². The molecule has 0 heterocycles. The Hall–Kier alpha value is 1.18. The predicted octanol–water partition coefficient (Wildman–Crippen LogP) is -2.97. The number of carbonyl (C=O) groups excluding carboxylic acids is 3. The van der Waals surface area contributed by atoms with Crippen molar-refractivity contribution >= 4 is 99.8 Å². The third-order valence-electron chi connectivity index (χ3n) is 1.41. The van der Waals surface area contributed by atoms with Crippen molar-refractivity contribution in [1.82, 2.24) is 0 Å². The minimum absolute atomic E-state index is 0. The largest absolute Gasteiger partial charge is 1.00 e. The molecule has 0 unspecified atom stereocenters. The molecule has 6 nitrogen and oxygen atoms in total. The molecule has 0 saturated carbocycles. The third kappa shape index (κ3) is 44.9. The van der Waals surface area contributed by atoms with Crippen LogP contribution in [0.4, 0.5) is 0 Å². The summed E-state index contributed by atoms with van der Waals surface area (Å²) >= 11 is 0. The Morgan fingerprint density at radius 2 is 0.571 bits per heavy atom. The second-order valence-corrected chi connectivity index (χ2v) is 4.42. The first-order valence-corrected chi connectivity index (χ1v) is 5.55. The summed E-state index contributed by atoms with van der Waals surface area (Å²) in [6.07, 6.45) is 0. The monoisotopic (exact) mass is 876 g/mol. The van der Waals surface area contributed by atoms with E-state index in [2.05, 4.69) is 0 Å². The topological polar surface area (TPSA) is 120 Å². The molecular weight excluding hydrogens is 853 g/mol. The first-order valence-electron chi connectivity index (χ1n) is 5.55. The molecule has 0 rings (SSSR count). The van der Waals surface area contributed by atoms with Crippen LogP contribution in [0.25, 0.3) is 0 Å². The van der Waals surface area contributed by atoms with Gasteiger partial charge in [-0.3, -0.25) is 0 Å². The van der Waals surface area contributed by atoms with Crippen LogP contribution in [0.15, 0.2) is 0 Å². The summed E-state index contributed by atoms with van der Waals surface area (Å²) in [5.41, 5.74) is 0. The van der Waals surface area contributed by atoms with Crippen LogP contribution in [0.1, 0.15) is 41.5 Å². The third-order valence-corrected chi connectivity index (χ3v) is 1.41. The molecule has 0 fully saturated rings. The number of carboxylic acid groups (broad SMARTS) is 3. The van der Waals surface area contributed by atoms with E-state index in [1.54, 1.807) is 41.5 Å². The van der Waals surface area contributed by atoms with Gasteiger partial charge < -0.3 is 29.7 Å². The van der Waals surface area contributed by atoms with Crippen LogP contribution in [-0.2, 0) is 14.4 Å². The molecule has 0 aliphatic rings. The quantitative estimate of drug-likeness (QED) is 0.280. The van der Waals surface area contributed by atoms with E-state index in [1.165, 1.54) is 0 Å². The average molecular weight is 874 g/mol. The minimum Gasteiger partial charge on any atom is -0.550 e. The minimum atomic E-state index is -0.991. The van der Waals surface area contributed by atoms with Gasteiger partial charge >= 0.3 is 81.9 Å². The molecule has 0 aliphatic heterocycles. The first-order chi connectivity index (χ1) is 7.93. The molecule has 21 heavy (non-hydrogen) atoms. The summed E-state index contributed by atoms with van der Waals surface area (Å²) in [6, 6.07) is 0. The van der Waals surface area contributed by atoms with Crippen LogP contribution in [-0.4, -0.2) is 99.8 Å². The summed E-state index contributed by atoms with van der Waals surface area (Å²) in [6.45, 7) is 9.47. The number of rotatable bonds is 3. The van der Waals surface area contributed by atoms with Gasteiger partial charge in [-0.2, -0.15) is 0 Å². The van der Waals surface area contributed by atoms with Gasteiger partial charge in [0.2, 0.25) is 0 Å². The van der Waals surface area contributed by atoms with E-state index in [4.69, 9.17) is 0 Å². The van der Waals surface area contributed by atoms with Crippen molar-refractivity contribution in [3.05, 3.63) is 0 Å². The molecule has 0 bridgehead atoms. The fourth-order valence-corrected chi connectivity index (χ4v) is 0. The van der Waals surface area contributed by atoms with Gasteiger partial charge in [-0.05, 0) is 17.8 Å². The van der Waals surface area contributed by atoms with Crippen molar-refractivity contribution in [3.8, 4) is 0 Å². The van der Waals surface area contributed by atoms with E-state index >= 15 is 0 Å². The molecule has 114 valence electrons. The fourth-order valence-electron chi connectivity index (χ4n) is 0. The van der Waals surface area contributed by atoms with Crippen LogP contribution in [0.2, 0.25) is 0 Å². The smallest absolute Gasteiger partial charge is 0.550 e. The Bertz CT molecular complexity index is 225. The fraction of sp³-hybridized carbons (Fsp3) is 0.750. The number of hydrogen-bond donors (Lipinski definition) is 0. The number of carbonyl (C=O) groups is 3. The zero-order valence-electron chi connectivity index (χ0n) is 13.4. The molecule has 0 radical (unpaired) electrons. The van der Waals surface area contributed by atoms with Gasteiger partial charge in [-0.1, -0.05) is 41.5 Å². The van der Waals surface area contributed by atoms with Crippen LogP contribution in [0, 0.1) is 17.8 Å². The van der Waals surface area contributed by atoms with Crippen molar-refractivity contribution in [2.24, 2.45) is 17.8 Å². The normalized spacial score (nSPS) is 7.86. The van der Waals surface area contributed by atoms with Crippen molar-refractivity contribution in [3.63, 3.8) is 0 Å². The van der Waals surface area contributed by atoms with E-state index in [0.717, 1.165) is 0 Å². The molecule has 0 N–H and O–H groups in total. The van der Waals surface area contributed by atoms with Gasteiger partial charge in [-0.15, -0.1) is 0 Å². The Balaban J connectivity index is -0.0000000375. The van der Waals surface area contributed by atoms with Gasteiger partial charge in [0.1, 0.15) is 0 Å². The Morgan fingerprint density at radius 3 is 0.571 bits per heavy atom. The molecule has 0 spiro atoms. The van der Waals surface area contributed by atoms with Gasteiger partial charge in [0.25, 0.3) is 0 Å². The predicted molar refractivity (Wildman–Crippen MR) is 76.8 cm³/mol. The zero-order chi connectivity index (χ0) is 15.5. The van der Waals surface area contributed by atoms with E-state index < -0.39 is 17.9 Å². The van der Waals surface area contributed by atoms with Gasteiger partial charge in [0.15, 0.2) is 0 Å². The van der Waals surface area contributed by atoms with Crippen LogP contribution < -0.4 is 15.3 Å². The van der Waals surface area contributed by atoms with Crippen LogP contribution >= 0.6 is 0 Å². The van der Waals surface area contributed by atoms with Crippen molar-refractivity contribution in [2.75, 3.05) is 0 Å². The summed E-state index contributed by atoms with van der Waals surface area (Å²) in [4.78, 5) is 28.8. The van der Waals surface area contributed by atoms with Crippen LogP contribution in [0.3, 0.4) is 0 Å². The standard InChI is InChI=1S/3C4H8O2.3Tl/c3*1-3(2)4(5)6;;;/h3*3H,1-2H3,(H,5,6);;;/q;;;3*+1/p-3. The molecule has 0 aromatic carbocycles. The Morgan fingerprint density at radius 1 is 0.524 bits per heavy atom. The van der Waals surface area contributed by atoms with E-state index in [9.17, 15) is 29.7 Å². The summed E-state index contributed by atoms with van der Waals surface area (Å²) in [5.74, 6) is -4.00. The molecule has 9 heteroatoms. The number of carboxylic acids is 3. The SMILES string of the molecule is CC(C)C(=O)[O-].CC(C)C(=O)[O-].CC(C)C(=O)[O-].[Tl+].[Tl+].[Tl+]. The molecule has 0 atom stereocenters. The zero-order valence-corrected chi connectivity index (χ0v) is 26.9. The van der Waals surface area contributed by atoms with Gasteiger partial charge in [-0.25, -0.2) is 0 Å². The number of hydrogen-bond acceptors (Lipinski definition) is 6. The molecule has 0 aliphatic carbocycles. The second-order valence-electron chi connectivity index (χ2n) is 4.42. The maximum atomic E-state index is 9.59. The van der Waals surface area contributed by atoms with Crippen molar-refractivity contribution in [2.45, 2.75) is 41.5 Å². The Labute approximate surface area is 186 Å². The number of aliphatic carboxylic acids is 3. The molecule has 0 saturated heterocycles. The van der Waals surface area contributed by atoms with Crippen molar-refractivity contribution in [1.29, 1.82) is 0 Å². The van der Waals surface area contributed by atoms with Gasteiger partial charge in [0, 0.05) is 17.9 Å². The second kappa shape index (κ2) is 23.4. The maximum absolute atomic E-state index is 9.59. The Kier molecular flexibility index (Phi) is 42.4. The van der Waals surface area contributed by atoms with E-state index in [0.29, 0.717) is 0 Å². The maximum Gasteiger partial charge on any atom is 1.00 e. The summed E-state index contributed by atoms with van der Waals surface area (Å²) in [7, 11) is 0. The molecular formula is C12H21O6Tl3. The van der Waals surface area contributed by atoms with Gasteiger partial charge in [0.05, 0.1) is 0 Å². The molecule has 0 amide bonds. The summed E-state index contributed by atoms with van der Waals surface area (Å²) in [5, 5.41) is 28.8. The summed E-state index contributed by atoms with van der Waals surface area (Å²) < 4.78 is 0. The average Bonchev–Trinajstić information content (AvgIpc) is 2.18. The molecule has 0 aromatic heterocycles.